The maximum Gasteiger partial charge on any atom is 0.219 e. The molecule has 2 aliphatic rings. The third kappa shape index (κ3) is 2.58. The van der Waals surface area contributed by atoms with Gasteiger partial charge < -0.3 is 14.2 Å². The highest BCUT2D eigenvalue weighted by Crippen LogP contribution is 2.70. The highest BCUT2D eigenvalue weighted by molar-refractivity contribution is 6.35. The molecule has 2 aromatic rings. The van der Waals surface area contributed by atoms with Crippen LogP contribution in [0.15, 0.2) is 42.5 Å². The number of benzene rings is 2. The van der Waals surface area contributed by atoms with Crippen LogP contribution in [0.25, 0.3) is 0 Å². The van der Waals surface area contributed by atoms with Gasteiger partial charge in [-0.2, -0.15) is 15.8 Å². The van der Waals surface area contributed by atoms with Crippen molar-refractivity contribution in [1.29, 1.82) is 21.2 Å². The Labute approximate surface area is 194 Å². The van der Waals surface area contributed by atoms with E-state index in [-0.39, 0.29) is 5.02 Å². The van der Waals surface area contributed by atoms with Crippen LogP contribution in [0, 0.1) is 50.2 Å². The number of hydrogen-bond donors (Lipinski definition) is 1. The molecule has 2 saturated heterocycles. The topological polar surface area (TPSA) is 123 Å². The molecule has 0 saturated carbocycles. The summed E-state index contributed by atoms with van der Waals surface area (Å²) in [7, 11) is 1.47. The fourth-order valence-corrected chi connectivity index (χ4v) is 5.36. The molecule has 4 unspecified atom stereocenters. The first kappa shape index (κ1) is 21.9. The Hall–Kier alpha value is -3.28. The first-order chi connectivity index (χ1) is 15.2. The lowest BCUT2D eigenvalue weighted by molar-refractivity contribution is -0.253. The van der Waals surface area contributed by atoms with Gasteiger partial charge in [0, 0.05) is 28.1 Å². The highest BCUT2D eigenvalue weighted by Gasteiger charge is 2.80. The molecule has 0 amide bonds. The summed E-state index contributed by atoms with van der Waals surface area (Å²) in [5, 5.41) is 40.4. The Bertz CT molecular complexity index is 1250. The summed E-state index contributed by atoms with van der Waals surface area (Å²) in [5.74, 6) is -2.68. The molecule has 2 heterocycles. The summed E-state index contributed by atoms with van der Waals surface area (Å²) in [5.41, 5.74) is -3.40. The molecule has 7 nitrogen and oxygen atoms in total. The predicted molar refractivity (Wildman–Crippen MR) is 115 cm³/mol. The van der Waals surface area contributed by atoms with E-state index in [9.17, 15) is 15.8 Å². The van der Waals surface area contributed by atoms with Crippen molar-refractivity contribution in [2.24, 2.45) is 10.8 Å². The van der Waals surface area contributed by atoms with Gasteiger partial charge in [-0.05, 0) is 18.2 Å². The van der Waals surface area contributed by atoms with Crippen LogP contribution in [0.1, 0.15) is 30.1 Å². The van der Waals surface area contributed by atoms with E-state index in [2.05, 4.69) is 6.07 Å². The molecule has 4 atom stereocenters. The largest absolute Gasteiger partial charge is 0.496 e. The summed E-state index contributed by atoms with van der Waals surface area (Å²) >= 11 is 12.4. The molecule has 0 spiro atoms. The third-order valence-electron chi connectivity index (χ3n) is 6.21. The number of para-hydroxylation sites is 1. The number of hydrogen-bond acceptors (Lipinski definition) is 7. The number of nitriles is 3. The maximum absolute atomic E-state index is 10.5. The average Bonchev–Trinajstić information content (AvgIpc) is 2.96. The monoisotopic (exact) mass is 466 g/mol. The number of fused-ring (bicyclic) bond motifs is 2. The molecular weight excluding hydrogens is 451 g/mol. The third-order valence-corrected chi connectivity index (χ3v) is 6.77. The second-order valence-electron chi connectivity index (χ2n) is 7.74. The number of nitrogens with zero attached hydrogens (tertiary/aromatic N) is 3. The molecule has 0 aromatic heterocycles. The highest BCUT2D eigenvalue weighted by atomic mass is 35.5. The predicted octanol–water partition coefficient (Wildman–Crippen LogP) is 5.12. The van der Waals surface area contributed by atoms with Crippen molar-refractivity contribution in [3.05, 3.63) is 63.6 Å². The van der Waals surface area contributed by atoms with Crippen LogP contribution < -0.4 is 4.74 Å². The normalized spacial score (nSPS) is 29.8. The van der Waals surface area contributed by atoms with E-state index in [0.29, 0.717) is 21.9 Å². The second kappa shape index (κ2) is 7.40. The van der Waals surface area contributed by atoms with Gasteiger partial charge in [-0.1, -0.05) is 47.5 Å². The van der Waals surface area contributed by atoms with E-state index in [1.807, 2.05) is 12.1 Å². The van der Waals surface area contributed by atoms with Crippen LogP contribution in [0.5, 0.6) is 5.75 Å². The number of halogens is 2. The summed E-state index contributed by atoms with van der Waals surface area (Å²) in [6.45, 7) is 1.58. The zero-order valence-corrected chi connectivity index (χ0v) is 18.5. The zero-order chi connectivity index (χ0) is 23.3. The van der Waals surface area contributed by atoms with Gasteiger partial charge in [0.05, 0.1) is 31.2 Å². The van der Waals surface area contributed by atoms with Gasteiger partial charge in [-0.15, -0.1) is 0 Å². The Kier molecular flexibility index (Phi) is 5.07. The van der Waals surface area contributed by atoms with E-state index in [0.717, 1.165) is 0 Å². The number of methoxy groups -OCH3 is 1. The molecule has 1 N–H and O–H groups in total. The zero-order valence-electron chi connectivity index (χ0n) is 17.0. The second-order valence-corrected chi connectivity index (χ2v) is 8.58. The molecular formula is C23H16Cl2N4O3. The van der Waals surface area contributed by atoms with Crippen LogP contribution in [0.2, 0.25) is 10.0 Å². The van der Waals surface area contributed by atoms with Crippen LogP contribution >= 0.6 is 23.2 Å². The first-order valence-corrected chi connectivity index (χ1v) is 10.3. The lowest BCUT2D eigenvalue weighted by atomic mass is 9.52. The smallest absolute Gasteiger partial charge is 0.219 e. The van der Waals surface area contributed by atoms with Crippen molar-refractivity contribution in [2.45, 2.75) is 24.7 Å². The Balaban J connectivity index is 2.07. The minimum Gasteiger partial charge on any atom is -0.496 e. The first-order valence-electron chi connectivity index (χ1n) is 9.52. The summed E-state index contributed by atoms with van der Waals surface area (Å²) in [6.07, 6.45) is -1.29. The van der Waals surface area contributed by atoms with Crippen LogP contribution in [0.3, 0.4) is 0 Å². The molecule has 4 rings (SSSR count). The average molecular weight is 467 g/mol. The summed E-state index contributed by atoms with van der Waals surface area (Å²) in [6, 6.07) is 17.5. The van der Waals surface area contributed by atoms with Crippen molar-refractivity contribution in [1.82, 2.24) is 0 Å². The number of rotatable bonds is 3. The molecule has 9 heteroatoms. The van der Waals surface area contributed by atoms with Gasteiger partial charge in [0.15, 0.2) is 5.41 Å². The maximum atomic E-state index is 10.5. The Morgan fingerprint density at radius 2 is 1.72 bits per heavy atom. The standard InChI is InChI=1S/C23H16Cl2N4O3/c1-21-18(15-5-3-4-6-17(15)30-2)23(12-28,20(29)32-21)22(10-26,11-27)19(31-21)14-8-7-13(24)9-16(14)25/h3-9,18-19,29H,1-2H3. The van der Waals surface area contributed by atoms with Crippen molar-refractivity contribution in [3.8, 4) is 24.0 Å². The van der Waals surface area contributed by atoms with E-state index >= 15 is 0 Å². The lowest BCUT2D eigenvalue weighted by Crippen LogP contribution is -2.57. The van der Waals surface area contributed by atoms with E-state index in [1.54, 1.807) is 43.3 Å². The lowest BCUT2D eigenvalue weighted by Gasteiger charge is -2.49. The molecule has 2 fully saturated rings. The number of nitrogens with one attached hydrogen (secondary N) is 1. The molecule has 32 heavy (non-hydrogen) atoms. The minimum absolute atomic E-state index is 0.163. The van der Waals surface area contributed by atoms with Gasteiger partial charge >= 0.3 is 0 Å². The van der Waals surface area contributed by atoms with Crippen molar-refractivity contribution >= 4 is 29.1 Å². The van der Waals surface area contributed by atoms with Crippen LogP contribution in [-0.4, -0.2) is 18.8 Å². The van der Waals surface area contributed by atoms with Crippen LogP contribution in [-0.2, 0) is 9.47 Å². The van der Waals surface area contributed by atoms with Gasteiger partial charge in [0.25, 0.3) is 0 Å². The molecule has 2 aromatic carbocycles. The Morgan fingerprint density at radius 3 is 2.31 bits per heavy atom. The van der Waals surface area contributed by atoms with E-state index in [4.69, 9.17) is 42.8 Å². The van der Waals surface area contributed by atoms with Gasteiger partial charge in [0.2, 0.25) is 17.1 Å². The van der Waals surface area contributed by atoms with Gasteiger partial charge in [0.1, 0.15) is 11.9 Å². The summed E-state index contributed by atoms with van der Waals surface area (Å²) < 4.78 is 17.6. The summed E-state index contributed by atoms with van der Waals surface area (Å²) in [4.78, 5) is 0. The van der Waals surface area contributed by atoms with Crippen molar-refractivity contribution < 1.29 is 14.2 Å². The number of ether oxygens (including phenoxy) is 3. The van der Waals surface area contributed by atoms with Crippen molar-refractivity contribution in [2.75, 3.05) is 7.11 Å². The minimum atomic E-state index is -2.17. The van der Waals surface area contributed by atoms with Gasteiger partial charge in [-0.3, -0.25) is 5.41 Å². The molecule has 2 bridgehead atoms. The van der Waals surface area contributed by atoms with Crippen LogP contribution in [0.4, 0.5) is 0 Å². The molecule has 2 aliphatic heterocycles. The molecule has 160 valence electrons. The quantitative estimate of drug-likeness (QED) is 0.668. The molecule has 0 radical (unpaired) electrons. The fraction of sp³-hybridized carbons (Fsp3) is 0.304. The van der Waals surface area contributed by atoms with E-state index < -0.39 is 34.5 Å². The Morgan fingerprint density at radius 1 is 1.03 bits per heavy atom. The van der Waals surface area contributed by atoms with Crippen molar-refractivity contribution in [3.63, 3.8) is 0 Å². The van der Waals surface area contributed by atoms with Gasteiger partial charge in [-0.25, -0.2) is 0 Å². The SMILES string of the molecule is COc1ccccc1C1C2(C)OC(=N)C1(C#N)C(C#N)(C#N)C(c1ccc(Cl)cc1Cl)O2. The molecule has 0 aliphatic carbocycles. The fourth-order valence-electron chi connectivity index (χ4n) is 4.85. The van der Waals surface area contributed by atoms with E-state index in [1.165, 1.54) is 13.2 Å².